The zero-order valence-electron chi connectivity index (χ0n) is 8.77. The molecule has 0 spiro atoms. The Hall–Kier alpha value is -1.48. The average Bonchev–Trinajstić information content (AvgIpc) is 2.30. The molecule has 1 heterocycles. The van der Waals surface area contributed by atoms with Crippen LogP contribution in [0.4, 0.5) is 0 Å². The maximum atomic E-state index is 12.2. The minimum absolute atomic E-state index is 0.0207. The van der Waals surface area contributed by atoms with E-state index in [1.807, 2.05) is 25.1 Å². The van der Waals surface area contributed by atoms with Gasteiger partial charge in [0.1, 0.15) is 0 Å². The largest absolute Gasteiger partial charge is 0.289 e. The predicted molar refractivity (Wildman–Crippen MR) is 66.5 cm³/mol. The van der Waals surface area contributed by atoms with E-state index in [2.05, 4.69) is 20.9 Å². The number of benzene rings is 1. The molecular formula is C13H10BrNO. The number of rotatable bonds is 2. The average molecular weight is 276 g/mol. The van der Waals surface area contributed by atoms with Gasteiger partial charge in [0.2, 0.25) is 0 Å². The SMILES string of the molecule is Cc1cccc(Br)c1C(=O)c1ccncc1. The van der Waals surface area contributed by atoms with Crippen LogP contribution in [0, 0.1) is 6.92 Å². The van der Waals surface area contributed by atoms with E-state index < -0.39 is 0 Å². The second kappa shape index (κ2) is 4.58. The Morgan fingerprint density at radius 2 is 1.88 bits per heavy atom. The van der Waals surface area contributed by atoms with Crippen LogP contribution in [-0.2, 0) is 0 Å². The molecule has 0 N–H and O–H groups in total. The Bertz CT molecular complexity index is 502. The molecule has 0 saturated carbocycles. The van der Waals surface area contributed by atoms with E-state index in [1.54, 1.807) is 24.5 Å². The summed E-state index contributed by atoms with van der Waals surface area (Å²) in [5, 5.41) is 0. The van der Waals surface area contributed by atoms with E-state index in [0.29, 0.717) is 11.1 Å². The molecule has 0 unspecified atom stereocenters. The molecule has 0 amide bonds. The van der Waals surface area contributed by atoms with E-state index in [0.717, 1.165) is 10.0 Å². The van der Waals surface area contributed by atoms with E-state index in [9.17, 15) is 4.79 Å². The van der Waals surface area contributed by atoms with Crippen molar-refractivity contribution in [1.82, 2.24) is 4.98 Å². The highest BCUT2D eigenvalue weighted by Gasteiger charge is 2.14. The highest BCUT2D eigenvalue weighted by Crippen LogP contribution is 2.23. The summed E-state index contributed by atoms with van der Waals surface area (Å²) in [6.07, 6.45) is 3.25. The fourth-order valence-electron chi connectivity index (χ4n) is 1.57. The molecule has 2 rings (SSSR count). The van der Waals surface area contributed by atoms with Crippen LogP contribution in [0.25, 0.3) is 0 Å². The minimum Gasteiger partial charge on any atom is -0.289 e. The monoisotopic (exact) mass is 275 g/mol. The molecule has 2 nitrogen and oxygen atoms in total. The number of nitrogens with zero attached hydrogens (tertiary/aromatic N) is 1. The van der Waals surface area contributed by atoms with Gasteiger partial charge < -0.3 is 0 Å². The maximum Gasteiger partial charge on any atom is 0.194 e. The molecule has 2 aromatic rings. The third-order valence-corrected chi connectivity index (χ3v) is 3.05. The minimum atomic E-state index is 0.0207. The van der Waals surface area contributed by atoms with Gasteiger partial charge in [-0.1, -0.05) is 28.1 Å². The van der Waals surface area contributed by atoms with Crippen LogP contribution in [0.3, 0.4) is 0 Å². The van der Waals surface area contributed by atoms with Crippen molar-refractivity contribution in [2.45, 2.75) is 6.92 Å². The Morgan fingerprint density at radius 1 is 1.19 bits per heavy atom. The van der Waals surface area contributed by atoms with Crippen LogP contribution in [0.15, 0.2) is 47.2 Å². The lowest BCUT2D eigenvalue weighted by Crippen LogP contribution is -2.04. The number of aromatic nitrogens is 1. The Kier molecular flexibility index (Phi) is 3.15. The molecule has 0 radical (unpaired) electrons. The van der Waals surface area contributed by atoms with Crippen molar-refractivity contribution < 1.29 is 4.79 Å². The van der Waals surface area contributed by atoms with Gasteiger partial charge in [-0.2, -0.15) is 0 Å². The summed E-state index contributed by atoms with van der Waals surface area (Å²) in [4.78, 5) is 16.1. The first-order valence-electron chi connectivity index (χ1n) is 4.90. The van der Waals surface area contributed by atoms with Crippen molar-refractivity contribution >= 4 is 21.7 Å². The van der Waals surface area contributed by atoms with Gasteiger partial charge in [-0.3, -0.25) is 9.78 Å². The summed E-state index contributed by atoms with van der Waals surface area (Å²) in [6.45, 7) is 1.93. The molecule has 3 heteroatoms. The smallest absolute Gasteiger partial charge is 0.194 e. The van der Waals surface area contributed by atoms with E-state index in [-0.39, 0.29) is 5.78 Å². The number of hydrogen-bond donors (Lipinski definition) is 0. The van der Waals surface area contributed by atoms with Gasteiger partial charge in [0.25, 0.3) is 0 Å². The molecule has 80 valence electrons. The summed E-state index contributed by atoms with van der Waals surface area (Å²) in [6, 6.07) is 9.17. The molecule has 1 aromatic carbocycles. The van der Waals surface area contributed by atoms with E-state index in [1.165, 1.54) is 0 Å². The van der Waals surface area contributed by atoms with Crippen LogP contribution in [0.5, 0.6) is 0 Å². The Balaban J connectivity index is 2.50. The highest BCUT2D eigenvalue weighted by molar-refractivity contribution is 9.10. The van der Waals surface area contributed by atoms with Crippen molar-refractivity contribution in [1.29, 1.82) is 0 Å². The second-order valence-electron chi connectivity index (χ2n) is 3.50. The van der Waals surface area contributed by atoms with Crippen molar-refractivity contribution in [2.75, 3.05) is 0 Å². The predicted octanol–water partition coefficient (Wildman–Crippen LogP) is 3.38. The first-order chi connectivity index (χ1) is 7.70. The standard InChI is InChI=1S/C13H10BrNO/c1-9-3-2-4-11(14)12(9)13(16)10-5-7-15-8-6-10/h2-8H,1H3. The lowest BCUT2D eigenvalue weighted by Gasteiger charge is -2.06. The summed E-state index contributed by atoms with van der Waals surface area (Å²) < 4.78 is 0.828. The molecule has 0 atom stereocenters. The summed E-state index contributed by atoms with van der Waals surface area (Å²) in [7, 11) is 0. The van der Waals surface area contributed by atoms with Crippen LogP contribution in [0.1, 0.15) is 21.5 Å². The highest BCUT2D eigenvalue weighted by atomic mass is 79.9. The zero-order chi connectivity index (χ0) is 11.5. The van der Waals surface area contributed by atoms with Crippen LogP contribution < -0.4 is 0 Å². The molecule has 0 aliphatic carbocycles. The fraction of sp³-hybridized carbons (Fsp3) is 0.0769. The van der Waals surface area contributed by atoms with Gasteiger partial charge in [0.15, 0.2) is 5.78 Å². The Morgan fingerprint density at radius 3 is 2.50 bits per heavy atom. The first kappa shape index (κ1) is 11.0. The normalized spacial score (nSPS) is 10.1. The lowest BCUT2D eigenvalue weighted by atomic mass is 10.0. The van der Waals surface area contributed by atoms with Crippen molar-refractivity contribution in [3.05, 3.63) is 63.9 Å². The zero-order valence-corrected chi connectivity index (χ0v) is 10.4. The fourth-order valence-corrected chi connectivity index (χ4v) is 2.21. The molecule has 0 bridgehead atoms. The van der Waals surface area contributed by atoms with Crippen molar-refractivity contribution in [3.8, 4) is 0 Å². The number of halogens is 1. The number of ketones is 1. The van der Waals surface area contributed by atoms with Crippen LogP contribution in [-0.4, -0.2) is 10.8 Å². The lowest BCUT2D eigenvalue weighted by molar-refractivity contribution is 0.103. The summed E-state index contributed by atoms with van der Waals surface area (Å²) >= 11 is 3.41. The van der Waals surface area contributed by atoms with Gasteiger partial charge >= 0.3 is 0 Å². The van der Waals surface area contributed by atoms with Gasteiger partial charge in [0.05, 0.1) is 0 Å². The Labute approximate surface area is 102 Å². The summed E-state index contributed by atoms with van der Waals surface area (Å²) in [5.74, 6) is 0.0207. The third-order valence-electron chi connectivity index (χ3n) is 2.39. The molecule has 0 aliphatic heterocycles. The van der Waals surface area contributed by atoms with Gasteiger partial charge in [-0.15, -0.1) is 0 Å². The van der Waals surface area contributed by atoms with Crippen molar-refractivity contribution in [2.24, 2.45) is 0 Å². The van der Waals surface area contributed by atoms with Crippen molar-refractivity contribution in [3.63, 3.8) is 0 Å². The molecule has 1 aromatic heterocycles. The van der Waals surface area contributed by atoms with E-state index >= 15 is 0 Å². The number of aryl methyl sites for hydroxylation is 1. The maximum absolute atomic E-state index is 12.2. The first-order valence-corrected chi connectivity index (χ1v) is 5.69. The third kappa shape index (κ3) is 2.04. The number of pyridine rings is 1. The molecule has 0 aliphatic rings. The second-order valence-corrected chi connectivity index (χ2v) is 4.35. The number of hydrogen-bond acceptors (Lipinski definition) is 2. The number of carbonyl (C=O) groups is 1. The van der Waals surface area contributed by atoms with Gasteiger partial charge in [-0.05, 0) is 30.7 Å². The van der Waals surface area contributed by atoms with Gasteiger partial charge in [-0.25, -0.2) is 0 Å². The van der Waals surface area contributed by atoms with E-state index in [4.69, 9.17) is 0 Å². The topological polar surface area (TPSA) is 30.0 Å². The molecular weight excluding hydrogens is 266 g/mol. The van der Waals surface area contributed by atoms with Crippen LogP contribution >= 0.6 is 15.9 Å². The molecule has 16 heavy (non-hydrogen) atoms. The van der Waals surface area contributed by atoms with Crippen LogP contribution in [0.2, 0.25) is 0 Å². The van der Waals surface area contributed by atoms with Gasteiger partial charge in [0, 0.05) is 28.0 Å². The molecule has 0 saturated heterocycles. The summed E-state index contributed by atoms with van der Waals surface area (Å²) in [5.41, 5.74) is 2.34. The quantitative estimate of drug-likeness (QED) is 0.787. The number of carbonyl (C=O) groups excluding carboxylic acids is 1. The molecule has 0 fully saturated rings.